The zero-order valence-corrected chi connectivity index (χ0v) is 11.8. The van der Waals surface area contributed by atoms with Crippen molar-refractivity contribution in [2.45, 2.75) is 18.4 Å². The number of hydrogen-bond donors (Lipinski definition) is 2. The van der Waals surface area contributed by atoms with Gasteiger partial charge in [-0.05, 0) is 18.1 Å². The first kappa shape index (κ1) is 15.4. The second kappa shape index (κ2) is 6.19. The molecule has 1 aromatic heterocycles. The van der Waals surface area contributed by atoms with Crippen LogP contribution in [0.4, 0.5) is 0 Å². The van der Waals surface area contributed by atoms with Gasteiger partial charge in [-0.3, -0.25) is 4.79 Å². The predicted octanol–water partition coefficient (Wildman–Crippen LogP) is -0.634. The van der Waals surface area contributed by atoms with E-state index in [1.165, 1.54) is 24.3 Å². The van der Waals surface area contributed by atoms with Gasteiger partial charge in [0.05, 0.1) is 26.7 Å². The van der Waals surface area contributed by atoms with Crippen molar-refractivity contribution >= 4 is 11.9 Å². The van der Waals surface area contributed by atoms with Crippen molar-refractivity contribution in [3.63, 3.8) is 0 Å². The molecule has 1 saturated heterocycles. The second-order valence-corrected chi connectivity index (χ2v) is 5.17. The Morgan fingerprint density at radius 3 is 2.76 bits per heavy atom. The number of aromatic nitrogens is 1. The van der Waals surface area contributed by atoms with E-state index < -0.39 is 11.6 Å². The average Bonchev–Trinajstić information content (AvgIpc) is 2.90. The molecule has 21 heavy (non-hydrogen) atoms. The maximum atomic E-state index is 12.1. The van der Waals surface area contributed by atoms with Crippen molar-refractivity contribution in [1.29, 1.82) is 0 Å². The van der Waals surface area contributed by atoms with Gasteiger partial charge >= 0.3 is 5.97 Å². The van der Waals surface area contributed by atoms with Crippen molar-refractivity contribution in [2.24, 2.45) is 0 Å². The number of hydrogen-bond acceptors (Lipinski definition) is 6. The summed E-state index contributed by atoms with van der Waals surface area (Å²) < 4.78 is 4.55. The van der Waals surface area contributed by atoms with Crippen molar-refractivity contribution in [1.82, 2.24) is 9.88 Å². The number of aliphatic hydroxyl groups excluding tert-OH is 1. The fourth-order valence-electron chi connectivity index (χ4n) is 2.24. The quantitative estimate of drug-likeness (QED) is 0.717. The van der Waals surface area contributed by atoms with Crippen LogP contribution < -0.4 is 0 Å². The lowest BCUT2D eigenvalue weighted by Gasteiger charge is -2.20. The van der Waals surface area contributed by atoms with Crippen LogP contribution in [0.5, 0.6) is 0 Å². The predicted molar refractivity (Wildman–Crippen MR) is 72.5 cm³/mol. The molecule has 114 valence electrons. The number of β-amino-alcohol motifs (C(OH)–C–C–N with tert-alkyl or cyclic N) is 1. The lowest BCUT2D eigenvalue weighted by atomic mass is 10.1. The van der Waals surface area contributed by atoms with E-state index in [4.69, 9.17) is 5.11 Å². The molecule has 1 aliphatic rings. The summed E-state index contributed by atoms with van der Waals surface area (Å²) in [6, 6.07) is 3.15. The fourth-order valence-corrected chi connectivity index (χ4v) is 2.24. The van der Waals surface area contributed by atoms with Gasteiger partial charge in [0, 0.05) is 12.7 Å². The molecule has 0 bridgehead atoms. The number of ether oxygens (including phenoxy) is 1. The molecule has 1 aliphatic heterocycles. The number of amides is 1. The minimum absolute atomic E-state index is 0.135. The number of methoxy groups -OCH3 is 1. The number of pyridine rings is 1. The number of esters is 1. The standard InChI is InChI=1S/C14H18N2O5/c1-21-13(19)11-3-2-10(7-15-11)6-12(18)16-5-4-14(20,8-16)9-17/h2-3,7,17,20H,4-6,8-9H2,1H3. The third-order valence-electron chi connectivity index (χ3n) is 3.55. The number of carbonyl (C=O) groups is 2. The number of likely N-dealkylation sites (tertiary alicyclic amines) is 1. The molecule has 1 atom stereocenters. The molecular weight excluding hydrogens is 276 g/mol. The molecule has 7 nitrogen and oxygen atoms in total. The molecule has 0 aromatic carbocycles. The molecule has 0 saturated carbocycles. The summed E-state index contributed by atoms with van der Waals surface area (Å²) in [4.78, 5) is 28.8. The fraction of sp³-hybridized carbons (Fsp3) is 0.500. The van der Waals surface area contributed by atoms with Gasteiger partial charge in [0.15, 0.2) is 0 Å². The molecule has 1 unspecified atom stereocenters. The third-order valence-corrected chi connectivity index (χ3v) is 3.55. The third kappa shape index (κ3) is 3.56. The van der Waals surface area contributed by atoms with Crippen LogP contribution in [0.3, 0.4) is 0 Å². The highest BCUT2D eigenvalue weighted by Crippen LogP contribution is 2.21. The molecule has 0 radical (unpaired) electrons. The number of aliphatic hydroxyl groups is 2. The monoisotopic (exact) mass is 294 g/mol. The zero-order chi connectivity index (χ0) is 15.5. The van der Waals surface area contributed by atoms with E-state index in [0.29, 0.717) is 18.5 Å². The first-order valence-corrected chi connectivity index (χ1v) is 6.62. The minimum atomic E-state index is -1.19. The van der Waals surface area contributed by atoms with Gasteiger partial charge in [0.25, 0.3) is 0 Å². The average molecular weight is 294 g/mol. The van der Waals surface area contributed by atoms with E-state index in [0.717, 1.165) is 0 Å². The second-order valence-electron chi connectivity index (χ2n) is 5.17. The van der Waals surface area contributed by atoms with E-state index in [1.807, 2.05) is 0 Å². The Morgan fingerprint density at radius 1 is 1.48 bits per heavy atom. The van der Waals surface area contributed by atoms with Crippen molar-refractivity contribution in [2.75, 3.05) is 26.8 Å². The summed E-state index contributed by atoms with van der Waals surface area (Å²) >= 11 is 0. The Labute approximate surface area is 122 Å². The largest absolute Gasteiger partial charge is 0.464 e. The van der Waals surface area contributed by atoms with Crippen molar-refractivity contribution < 1.29 is 24.5 Å². The van der Waals surface area contributed by atoms with Crippen molar-refractivity contribution in [3.8, 4) is 0 Å². The van der Waals surface area contributed by atoms with E-state index in [1.54, 1.807) is 6.07 Å². The highest BCUT2D eigenvalue weighted by atomic mass is 16.5. The van der Waals surface area contributed by atoms with Crippen molar-refractivity contribution in [3.05, 3.63) is 29.6 Å². The van der Waals surface area contributed by atoms with Crippen LogP contribution in [0, 0.1) is 0 Å². The van der Waals surface area contributed by atoms with Gasteiger partial charge in [0.2, 0.25) is 5.91 Å². The lowest BCUT2D eigenvalue weighted by Crippen LogP contribution is -2.39. The van der Waals surface area contributed by atoms with Crippen LogP contribution in [0.2, 0.25) is 0 Å². The lowest BCUT2D eigenvalue weighted by molar-refractivity contribution is -0.130. The molecule has 0 spiro atoms. The molecular formula is C14H18N2O5. The van der Waals surface area contributed by atoms with Crippen LogP contribution in [-0.4, -0.2) is 64.4 Å². The van der Waals surface area contributed by atoms with Crippen LogP contribution in [-0.2, 0) is 16.0 Å². The molecule has 1 fully saturated rings. The Bertz CT molecular complexity index is 531. The van der Waals surface area contributed by atoms with Gasteiger partial charge in [-0.25, -0.2) is 9.78 Å². The van der Waals surface area contributed by atoms with E-state index in [-0.39, 0.29) is 31.2 Å². The molecule has 1 amide bonds. The maximum absolute atomic E-state index is 12.1. The Hall–Kier alpha value is -1.99. The number of nitrogens with zero attached hydrogens (tertiary/aromatic N) is 2. The molecule has 2 rings (SSSR count). The molecule has 1 aromatic rings. The van der Waals surface area contributed by atoms with Crippen LogP contribution in [0.15, 0.2) is 18.3 Å². The summed E-state index contributed by atoms with van der Waals surface area (Å²) in [6.45, 7) is 0.200. The Balaban J connectivity index is 1.96. The van der Waals surface area contributed by atoms with Crippen LogP contribution in [0.1, 0.15) is 22.5 Å². The Kier molecular flexibility index (Phi) is 4.54. The van der Waals surface area contributed by atoms with Gasteiger partial charge < -0.3 is 19.8 Å². The summed E-state index contributed by atoms with van der Waals surface area (Å²) in [5, 5.41) is 19.0. The van der Waals surface area contributed by atoms with E-state index >= 15 is 0 Å². The maximum Gasteiger partial charge on any atom is 0.356 e. The smallest absolute Gasteiger partial charge is 0.356 e. The highest BCUT2D eigenvalue weighted by Gasteiger charge is 2.37. The normalized spacial score (nSPS) is 21.4. The van der Waals surface area contributed by atoms with E-state index in [2.05, 4.69) is 9.72 Å². The summed E-state index contributed by atoms with van der Waals surface area (Å²) in [5.41, 5.74) is -0.334. The topological polar surface area (TPSA) is 100.0 Å². The minimum Gasteiger partial charge on any atom is -0.464 e. The SMILES string of the molecule is COC(=O)c1ccc(CC(=O)N2CCC(O)(CO)C2)cn1. The highest BCUT2D eigenvalue weighted by molar-refractivity contribution is 5.87. The van der Waals surface area contributed by atoms with Gasteiger partial charge in [0.1, 0.15) is 11.3 Å². The van der Waals surface area contributed by atoms with Crippen LogP contribution >= 0.6 is 0 Å². The molecule has 2 N–H and O–H groups in total. The number of carbonyl (C=O) groups excluding carboxylic acids is 2. The summed E-state index contributed by atoms with van der Waals surface area (Å²) in [6.07, 6.45) is 1.96. The molecule has 2 heterocycles. The number of rotatable bonds is 4. The molecule has 0 aliphatic carbocycles. The van der Waals surface area contributed by atoms with Gasteiger partial charge in [-0.2, -0.15) is 0 Å². The van der Waals surface area contributed by atoms with E-state index in [9.17, 15) is 14.7 Å². The first-order chi connectivity index (χ1) is 9.97. The van der Waals surface area contributed by atoms with Gasteiger partial charge in [-0.15, -0.1) is 0 Å². The van der Waals surface area contributed by atoms with Crippen LogP contribution in [0.25, 0.3) is 0 Å². The van der Waals surface area contributed by atoms with Gasteiger partial charge in [-0.1, -0.05) is 6.07 Å². The molecule has 7 heteroatoms. The summed E-state index contributed by atoms with van der Waals surface area (Å²) in [7, 11) is 1.27. The summed E-state index contributed by atoms with van der Waals surface area (Å²) in [5.74, 6) is -0.674. The Morgan fingerprint density at radius 2 is 2.24 bits per heavy atom. The zero-order valence-electron chi connectivity index (χ0n) is 11.8. The first-order valence-electron chi connectivity index (χ1n) is 6.62.